The molecule has 1 saturated heterocycles. The molecule has 1 N–H and O–H groups in total. The van der Waals surface area contributed by atoms with E-state index >= 15 is 0 Å². The van der Waals surface area contributed by atoms with E-state index in [9.17, 15) is 9.50 Å². The quantitative estimate of drug-likeness (QED) is 0.939. The summed E-state index contributed by atoms with van der Waals surface area (Å²) in [6, 6.07) is 4.78. The van der Waals surface area contributed by atoms with Crippen molar-refractivity contribution >= 4 is 0 Å². The van der Waals surface area contributed by atoms with Crippen LogP contribution in [0.5, 0.6) is 0 Å². The number of aliphatic hydroxyl groups is 1. The van der Waals surface area contributed by atoms with Crippen molar-refractivity contribution in [3.05, 3.63) is 35.5 Å². The van der Waals surface area contributed by atoms with Gasteiger partial charge in [-0.15, -0.1) is 0 Å². The molecule has 0 amide bonds. The van der Waals surface area contributed by atoms with Crippen LogP contribution in [0.1, 0.15) is 24.3 Å². The Morgan fingerprint density at radius 2 is 2.32 bits per heavy atom. The molecule has 0 saturated carbocycles. The lowest BCUT2D eigenvalue weighted by atomic mass is 9.99. The van der Waals surface area contributed by atoms with E-state index in [0.29, 0.717) is 29.7 Å². The van der Waals surface area contributed by atoms with Gasteiger partial charge in [-0.05, 0) is 56.0 Å². The highest BCUT2D eigenvalue weighted by Crippen LogP contribution is 2.21. The fourth-order valence-corrected chi connectivity index (χ4v) is 2.86. The summed E-state index contributed by atoms with van der Waals surface area (Å²) in [5.41, 5.74) is 1.31. The van der Waals surface area contributed by atoms with Crippen molar-refractivity contribution in [3.8, 4) is 11.4 Å². The number of hydrogen-bond acceptors (Lipinski definition) is 5. The van der Waals surface area contributed by atoms with Crippen LogP contribution in [0.4, 0.5) is 4.39 Å². The molecule has 1 aliphatic heterocycles. The minimum absolute atomic E-state index is 0.223. The number of aromatic nitrogens is 2. The SMILES string of the molecule is Cc1cc(-c2noc(CN3CCCC(CO)C3)n2)ccc1F. The van der Waals surface area contributed by atoms with E-state index in [0.717, 1.165) is 31.5 Å². The van der Waals surface area contributed by atoms with Crippen LogP contribution in [-0.2, 0) is 6.54 Å². The number of hydrogen-bond donors (Lipinski definition) is 1. The first kappa shape index (κ1) is 15.1. The summed E-state index contributed by atoms with van der Waals surface area (Å²) >= 11 is 0. The molecular formula is C16H20FN3O2. The summed E-state index contributed by atoms with van der Waals surface area (Å²) in [4.78, 5) is 6.61. The Hall–Kier alpha value is -1.79. The van der Waals surface area contributed by atoms with Gasteiger partial charge in [-0.25, -0.2) is 4.39 Å². The number of nitrogens with zero attached hydrogens (tertiary/aromatic N) is 3. The number of aryl methyl sites for hydroxylation is 1. The highest BCUT2D eigenvalue weighted by atomic mass is 19.1. The third-order valence-electron chi connectivity index (χ3n) is 4.10. The molecule has 3 rings (SSSR count). The van der Waals surface area contributed by atoms with Crippen molar-refractivity contribution in [2.24, 2.45) is 5.92 Å². The average molecular weight is 305 g/mol. The molecule has 22 heavy (non-hydrogen) atoms. The van der Waals surface area contributed by atoms with Gasteiger partial charge < -0.3 is 9.63 Å². The lowest BCUT2D eigenvalue weighted by Crippen LogP contribution is -2.36. The van der Waals surface area contributed by atoms with Crippen LogP contribution in [0.15, 0.2) is 22.7 Å². The molecule has 2 heterocycles. The van der Waals surface area contributed by atoms with Crippen molar-refractivity contribution in [1.82, 2.24) is 15.0 Å². The van der Waals surface area contributed by atoms with Crippen molar-refractivity contribution < 1.29 is 14.0 Å². The van der Waals surface area contributed by atoms with Crippen molar-refractivity contribution in [3.63, 3.8) is 0 Å². The molecule has 1 unspecified atom stereocenters. The monoisotopic (exact) mass is 305 g/mol. The summed E-state index contributed by atoms with van der Waals surface area (Å²) in [6.45, 7) is 4.35. The van der Waals surface area contributed by atoms with Crippen LogP contribution >= 0.6 is 0 Å². The number of rotatable bonds is 4. The van der Waals surface area contributed by atoms with Gasteiger partial charge in [0.2, 0.25) is 11.7 Å². The second-order valence-corrected chi connectivity index (χ2v) is 5.90. The Labute approximate surface area is 128 Å². The fourth-order valence-electron chi connectivity index (χ4n) is 2.86. The zero-order valence-electron chi connectivity index (χ0n) is 12.6. The smallest absolute Gasteiger partial charge is 0.241 e. The first-order chi connectivity index (χ1) is 10.7. The summed E-state index contributed by atoms with van der Waals surface area (Å²) in [5.74, 6) is 1.12. The van der Waals surface area contributed by atoms with E-state index < -0.39 is 0 Å². The summed E-state index contributed by atoms with van der Waals surface area (Å²) in [7, 11) is 0. The van der Waals surface area contributed by atoms with E-state index in [4.69, 9.17) is 4.52 Å². The minimum Gasteiger partial charge on any atom is -0.396 e. The lowest BCUT2D eigenvalue weighted by molar-refractivity contribution is 0.107. The van der Waals surface area contributed by atoms with Gasteiger partial charge in [-0.2, -0.15) is 4.98 Å². The number of benzene rings is 1. The standard InChI is InChI=1S/C16H20FN3O2/c1-11-7-13(4-5-14(11)17)16-18-15(22-19-16)9-20-6-2-3-12(8-20)10-21/h4-5,7,12,21H,2-3,6,8-10H2,1H3. The zero-order chi connectivity index (χ0) is 15.5. The van der Waals surface area contributed by atoms with Gasteiger partial charge in [0.1, 0.15) is 5.82 Å². The fraction of sp³-hybridized carbons (Fsp3) is 0.500. The average Bonchev–Trinajstić information content (AvgIpc) is 2.98. The predicted molar refractivity (Wildman–Crippen MR) is 79.5 cm³/mol. The Kier molecular flexibility index (Phi) is 4.49. The van der Waals surface area contributed by atoms with E-state index in [1.54, 1.807) is 19.1 Å². The first-order valence-corrected chi connectivity index (χ1v) is 7.58. The van der Waals surface area contributed by atoms with E-state index in [2.05, 4.69) is 15.0 Å². The minimum atomic E-state index is -0.240. The van der Waals surface area contributed by atoms with Crippen LogP contribution in [-0.4, -0.2) is 39.8 Å². The Morgan fingerprint density at radius 3 is 3.09 bits per heavy atom. The Morgan fingerprint density at radius 1 is 1.45 bits per heavy atom. The molecule has 6 heteroatoms. The molecule has 1 aromatic heterocycles. The van der Waals surface area contributed by atoms with Crippen molar-refractivity contribution in [2.75, 3.05) is 19.7 Å². The first-order valence-electron chi connectivity index (χ1n) is 7.58. The van der Waals surface area contributed by atoms with Crippen molar-refractivity contribution in [2.45, 2.75) is 26.3 Å². The van der Waals surface area contributed by atoms with Gasteiger partial charge in [-0.1, -0.05) is 5.16 Å². The molecule has 0 spiro atoms. The maximum Gasteiger partial charge on any atom is 0.241 e. The molecule has 118 valence electrons. The Balaban J connectivity index is 1.69. The van der Waals surface area contributed by atoms with E-state index in [1.165, 1.54) is 6.07 Å². The van der Waals surface area contributed by atoms with Crippen LogP contribution < -0.4 is 0 Å². The van der Waals surface area contributed by atoms with Crippen molar-refractivity contribution in [1.29, 1.82) is 0 Å². The number of likely N-dealkylation sites (tertiary alicyclic amines) is 1. The second-order valence-electron chi connectivity index (χ2n) is 5.90. The second kappa shape index (κ2) is 6.54. The largest absolute Gasteiger partial charge is 0.396 e. The molecule has 1 aliphatic rings. The third kappa shape index (κ3) is 3.34. The highest BCUT2D eigenvalue weighted by Gasteiger charge is 2.21. The topological polar surface area (TPSA) is 62.4 Å². The van der Waals surface area contributed by atoms with Crippen LogP contribution in [0.3, 0.4) is 0 Å². The Bertz CT molecular complexity index is 644. The van der Waals surface area contributed by atoms with Crippen LogP contribution in [0.25, 0.3) is 11.4 Å². The summed E-state index contributed by atoms with van der Waals surface area (Å²) in [5, 5.41) is 13.2. The van der Waals surface area contributed by atoms with Gasteiger partial charge in [0.25, 0.3) is 0 Å². The van der Waals surface area contributed by atoms with E-state index in [1.807, 2.05) is 0 Å². The maximum atomic E-state index is 13.3. The molecule has 1 fully saturated rings. The van der Waals surface area contributed by atoms with Gasteiger partial charge in [-0.3, -0.25) is 4.90 Å². The molecule has 0 radical (unpaired) electrons. The molecule has 0 aliphatic carbocycles. The highest BCUT2D eigenvalue weighted by molar-refractivity contribution is 5.55. The van der Waals surface area contributed by atoms with Gasteiger partial charge in [0.15, 0.2) is 0 Å². The normalized spacial score (nSPS) is 19.5. The molecule has 0 bridgehead atoms. The maximum absolute atomic E-state index is 13.3. The molecule has 2 aromatic rings. The van der Waals surface area contributed by atoms with Crippen LogP contribution in [0.2, 0.25) is 0 Å². The third-order valence-corrected chi connectivity index (χ3v) is 4.10. The molecular weight excluding hydrogens is 285 g/mol. The molecule has 1 aromatic carbocycles. The molecule has 1 atom stereocenters. The summed E-state index contributed by atoms with van der Waals surface area (Å²) < 4.78 is 18.6. The number of aliphatic hydroxyl groups excluding tert-OH is 1. The summed E-state index contributed by atoms with van der Waals surface area (Å²) in [6.07, 6.45) is 2.14. The number of piperidine rings is 1. The van der Waals surface area contributed by atoms with Crippen LogP contribution in [0, 0.1) is 18.7 Å². The van der Waals surface area contributed by atoms with E-state index in [-0.39, 0.29) is 12.4 Å². The number of halogens is 1. The lowest BCUT2D eigenvalue weighted by Gasteiger charge is -2.30. The zero-order valence-corrected chi connectivity index (χ0v) is 12.6. The predicted octanol–water partition coefficient (Wildman–Crippen LogP) is 2.39. The van der Waals surface area contributed by atoms with Gasteiger partial charge >= 0.3 is 0 Å². The van der Waals surface area contributed by atoms with Gasteiger partial charge in [0, 0.05) is 18.7 Å². The molecule has 5 nitrogen and oxygen atoms in total. The van der Waals surface area contributed by atoms with Gasteiger partial charge in [0.05, 0.1) is 6.54 Å².